The predicted octanol–water partition coefficient (Wildman–Crippen LogP) is 2.06. The smallest absolute Gasteiger partial charge is 0.151 e. The SMILES string of the molecule is N#CC1C(C2CCCN2)=Nc2[nH]ncc2C1c1cccc2nonc12. The highest BCUT2D eigenvalue weighted by Gasteiger charge is 2.40. The monoisotopic (exact) mass is 333 g/mol. The minimum absolute atomic E-state index is 0.123. The van der Waals surface area contributed by atoms with E-state index in [1.807, 2.05) is 18.2 Å². The minimum atomic E-state index is -0.386. The molecule has 0 aliphatic carbocycles. The Morgan fingerprint density at radius 2 is 2.20 bits per heavy atom. The van der Waals surface area contributed by atoms with Gasteiger partial charge < -0.3 is 5.32 Å². The van der Waals surface area contributed by atoms with Gasteiger partial charge in [-0.2, -0.15) is 10.4 Å². The third-order valence-electron chi connectivity index (χ3n) is 5.08. The van der Waals surface area contributed by atoms with Gasteiger partial charge in [-0.25, -0.2) is 9.62 Å². The summed E-state index contributed by atoms with van der Waals surface area (Å²) < 4.78 is 4.91. The van der Waals surface area contributed by atoms with Crippen molar-refractivity contribution >= 4 is 22.6 Å². The quantitative estimate of drug-likeness (QED) is 0.741. The largest absolute Gasteiger partial charge is 0.309 e. The van der Waals surface area contributed by atoms with Crippen molar-refractivity contribution in [3.63, 3.8) is 0 Å². The fraction of sp³-hybridized carbons (Fsp3) is 0.353. The molecule has 3 aromatic rings. The second-order valence-electron chi connectivity index (χ2n) is 6.42. The third kappa shape index (κ3) is 2.09. The number of hydrogen-bond acceptors (Lipinski definition) is 7. The van der Waals surface area contributed by atoms with Crippen LogP contribution in [0, 0.1) is 17.2 Å². The van der Waals surface area contributed by atoms with E-state index in [4.69, 9.17) is 9.62 Å². The Hall–Kier alpha value is -3.05. The van der Waals surface area contributed by atoms with E-state index in [0.717, 1.165) is 36.2 Å². The van der Waals surface area contributed by atoms with Crippen LogP contribution in [0.3, 0.4) is 0 Å². The highest BCUT2D eigenvalue weighted by Crippen LogP contribution is 2.43. The average Bonchev–Trinajstić information content (AvgIpc) is 3.40. The van der Waals surface area contributed by atoms with Crippen molar-refractivity contribution in [1.29, 1.82) is 5.26 Å². The number of aromatic nitrogens is 4. The molecule has 0 saturated carbocycles. The van der Waals surface area contributed by atoms with Crippen LogP contribution in [0.25, 0.3) is 11.0 Å². The molecule has 8 heteroatoms. The van der Waals surface area contributed by atoms with Crippen LogP contribution < -0.4 is 5.32 Å². The summed E-state index contributed by atoms with van der Waals surface area (Å²) in [6.45, 7) is 0.950. The van der Waals surface area contributed by atoms with Crippen LogP contribution in [0.1, 0.15) is 29.9 Å². The Balaban J connectivity index is 1.72. The molecule has 2 aromatic heterocycles. The van der Waals surface area contributed by atoms with E-state index >= 15 is 0 Å². The molecule has 8 nitrogen and oxygen atoms in total. The van der Waals surface area contributed by atoms with Crippen LogP contribution in [-0.2, 0) is 0 Å². The fourth-order valence-electron chi connectivity index (χ4n) is 3.95. The molecule has 1 aromatic carbocycles. The Labute approximate surface area is 142 Å². The summed E-state index contributed by atoms with van der Waals surface area (Å²) in [5, 5.41) is 28.6. The van der Waals surface area contributed by atoms with Crippen molar-refractivity contribution in [3.8, 4) is 6.07 Å². The number of aliphatic imine (C=N–C) groups is 1. The van der Waals surface area contributed by atoms with Gasteiger partial charge in [0.1, 0.15) is 11.0 Å². The second kappa shape index (κ2) is 5.50. The van der Waals surface area contributed by atoms with E-state index in [2.05, 4.69) is 31.9 Å². The molecular weight excluding hydrogens is 318 g/mol. The Morgan fingerprint density at radius 3 is 3.04 bits per heavy atom. The number of hydrogen-bond donors (Lipinski definition) is 2. The molecule has 0 bridgehead atoms. The molecule has 25 heavy (non-hydrogen) atoms. The first-order chi connectivity index (χ1) is 12.4. The molecule has 2 N–H and O–H groups in total. The van der Waals surface area contributed by atoms with E-state index < -0.39 is 0 Å². The molecule has 0 spiro atoms. The van der Waals surface area contributed by atoms with Crippen molar-refractivity contribution in [2.24, 2.45) is 10.9 Å². The van der Waals surface area contributed by atoms with Crippen LogP contribution in [-0.4, -0.2) is 38.8 Å². The number of nitrogens with one attached hydrogen (secondary N) is 2. The predicted molar refractivity (Wildman–Crippen MR) is 89.5 cm³/mol. The lowest BCUT2D eigenvalue weighted by Gasteiger charge is -2.29. The van der Waals surface area contributed by atoms with E-state index in [1.165, 1.54) is 0 Å². The Morgan fingerprint density at radius 1 is 1.24 bits per heavy atom. The van der Waals surface area contributed by atoms with Gasteiger partial charge in [-0.3, -0.25) is 5.10 Å². The summed E-state index contributed by atoms with van der Waals surface area (Å²) in [6, 6.07) is 8.34. The average molecular weight is 333 g/mol. The topological polar surface area (TPSA) is 116 Å². The maximum Gasteiger partial charge on any atom is 0.151 e. The molecule has 4 heterocycles. The van der Waals surface area contributed by atoms with Crippen molar-refractivity contribution < 1.29 is 4.63 Å². The summed E-state index contributed by atoms with van der Waals surface area (Å²) >= 11 is 0. The van der Waals surface area contributed by atoms with Gasteiger partial charge in [-0.15, -0.1) is 0 Å². The zero-order valence-electron chi connectivity index (χ0n) is 13.3. The summed E-state index contributed by atoms with van der Waals surface area (Å²) in [7, 11) is 0. The molecule has 124 valence electrons. The number of benzene rings is 1. The first-order valence-electron chi connectivity index (χ1n) is 8.32. The lowest BCUT2D eigenvalue weighted by atomic mass is 9.75. The van der Waals surface area contributed by atoms with Gasteiger partial charge in [0.25, 0.3) is 0 Å². The van der Waals surface area contributed by atoms with E-state index in [9.17, 15) is 5.26 Å². The fourth-order valence-corrected chi connectivity index (χ4v) is 3.95. The van der Waals surface area contributed by atoms with Crippen LogP contribution in [0.15, 0.2) is 34.0 Å². The normalized spacial score (nSPS) is 25.6. The van der Waals surface area contributed by atoms with Crippen molar-refractivity contribution in [2.45, 2.75) is 24.8 Å². The minimum Gasteiger partial charge on any atom is -0.309 e. The zero-order chi connectivity index (χ0) is 16.8. The highest BCUT2D eigenvalue weighted by molar-refractivity contribution is 5.99. The summed E-state index contributed by atoms with van der Waals surface area (Å²) in [6.07, 6.45) is 3.83. The molecule has 2 aliphatic heterocycles. The Kier molecular flexibility index (Phi) is 3.15. The van der Waals surface area contributed by atoms with Crippen molar-refractivity contribution in [1.82, 2.24) is 25.8 Å². The summed E-state index contributed by atoms with van der Waals surface area (Å²) in [5.74, 6) is 0.126. The van der Waals surface area contributed by atoms with Crippen molar-refractivity contribution in [3.05, 3.63) is 35.5 Å². The van der Waals surface area contributed by atoms with Gasteiger partial charge in [0.15, 0.2) is 5.82 Å². The Bertz CT molecular complexity index is 1010. The number of rotatable bonds is 2. The molecule has 3 unspecified atom stereocenters. The number of nitriles is 1. The highest BCUT2D eigenvalue weighted by atomic mass is 16.6. The molecule has 5 rings (SSSR count). The first kappa shape index (κ1) is 14.3. The first-order valence-corrected chi connectivity index (χ1v) is 8.32. The van der Waals surface area contributed by atoms with E-state index in [-0.39, 0.29) is 17.9 Å². The zero-order valence-corrected chi connectivity index (χ0v) is 13.3. The van der Waals surface area contributed by atoms with Gasteiger partial charge in [-0.1, -0.05) is 12.1 Å². The molecule has 0 amide bonds. The van der Waals surface area contributed by atoms with Crippen LogP contribution in [0.5, 0.6) is 0 Å². The lowest BCUT2D eigenvalue weighted by Crippen LogP contribution is -2.39. The van der Waals surface area contributed by atoms with E-state index in [0.29, 0.717) is 16.9 Å². The van der Waals surface area contributed by atoms with Gasteiger partial charge in [0, 0.05) is 17.5 Å². The van der Waals surface area contributed by atoms with Gasteiger partial charge in [0.2, 0.25) is 0 Å². The molecular formula is C17H15N7O. The molecule has 1 saturated heterocycles. The molecule has 0 radical (unpaired) electrons. The molecule has 2 aliphatic rings. The summed E-state index contributed by atoms with van der Waals surface area (Å²) in [4.78, 5) is 4.74. The lowest BCUT2D eigenvalue weighted by molar-refractivity contribution is 0.315. The standard InChI is InChI=1S/C17H15N7O/c18-7-10-14(9-3-1-4-13-16(9)24-25-23-13)11-8-20-22-17(11)21-15(10)12-5-2-6-19-12/h1,3-4,8,10,12,14,19H,2,5-6H2,(H,20,22). The summed E-state index contributed by atoms with van der Waals surface area (Å²) in [5.41, 5.74) is 4.06. The number of fused-ring (bicyclic) bond motifs is 2. The van der Waals surface area contributed by atoms with Crippen molar-refractivity contribution in [2.75, 3.05) is 6.54 Å². The van der Waals surface area contributed by atoms with Crippen LogP contribution >= 0.6 is 0 Å². The van der Waals surface area contributed by atoms with Gasteiger partial charge in [-0.05, 0) is 41.3 Å². The number of aromatic amines is 1. The third-order valence-corrected chi connectivity index (χ3v) is 5.08. The molecule has 1 fully saturated rings. The van der Waals surface area contributed by atoms with Gasteiger partial charge >= 0.3 is 0 Å². The van der Waals surface area contributed by atoms with Crippen LogP contribution in [0.2, 0.25) is 0 Å². The number of H-pyrrole nitrogens is 1. The maximum absolute atomic E-state index is 9.99. The van der Waals surface area contributed by atoms with Gasteiger partial charge in [0.05, 0.1) is 23.9 Å². The van der Waals surface area contributed by atoms with Crippen LogP contribution in [0.4, 0.5) is 5.82 Å². The molecule has 3 atom stereocenters. The second-order valence-corrected chi connectivity index (χ2v) is 6.42. The van der Waals surface area contributed by atoms with E-state index in [1.54, 1.807) is 6.20 Å². The maximum atomic E-state index is 9.99. The number of nitrogens with zero attached hydrogens (tertiary/aromatic N) is 5.